The lowest BCUT2D eigenvalue weighted by Gasteiger charge is -2.70. The maximum Gasteiger partial charge on any atom is 0.302 e. The molecule has 5 heteroatoms. The Morgan fingerprint density at radius 3 is 2.20 bits per heavy atom. The number of ether oxygens (including phenoxy) is 1. The zero-order valence-electron chi connectivity index (χ0n) is 27.0. The first-order valence-corrected chi connectivity index (χ1v) is 16.1. The molecule has 5 nitrogen and oxygen atoms in total. The Labute approximate surface area is 243 Å². The van der Waals surface area contributed by atoms with Crippen LogP contribution in [0, 0.1) is 50.2 Å². The lowest BCUT2D eigenvalue weighted by Crippen LogP contribution is -2.67. The van der Waals surface area contributed by atoms with Crippen LogP contribution in [0.4, 0.5) is 0 Å². The van der Waals surface area contributed by atoms with Gasteiger partial charge < -0.3 is 10.1 Å². The number of rotatable bonds is 3. The molecule has 5 aliphatic carbocycles. The molecule has 1 N–H and O–H groups in total. The average molecular weight is 554 g/mol. The van der Waals surface area contributed by atoms with Crippen molar-refractivity contribution in [3.63, 3.8) is 0 Å². The lowest BCUT2D eigenvalue weighted by molar-refractivity contribution is -0.210. The van der Waals surface area contributed by atoms with E-state index < -0.39 is 5.41 Å². The highest BCUT2D eigenvalue weighted by atomic mass is 16.5. The van der Waals surface area contributed by atoms with Crippen molar-refractivity contribution in [3.8, 4) is 0 Å². The van der Waals surface area contributed by atoms with Crippen molar-refractivity contribution in [2.75, 3.05) is 0 Å². The van der Waals surface area contributed by atoms with Gasteiger partial charge >= 0.3 is 5.97 Å². The number of carbonyl (C=O) groups is 3. The molecule has 3 unspecified atom stereocenters. The summed E-state index contributed by atoms with van der Waals surface area (Å²) in [5.74, 6) is 0.639. The molecule has 4 fully saturated rings. The number of hydrogen-bond acceptors (Lipinski definition) is 4. The fraction of sp³-hybridized carbons (Fsp3) is 0.857. The quantitative estimate of drug-likeness (QED) is 0.369. The molecule has 40 heavy (non-hydrogen) atoms. The van der Waals surface area contributed by atoms with E-state index in [-0.39, 0.29) is 68.7 Å². The van der Waals surface area contributed by atoms with Crippen LogP contribution in [-0.4, -0.2) is 29.8 Å². The Kier molecular flexibility index (Phi) is 6.84. The molecule has 0 aromatic rings. The third kappa shape index (κ3) is 4.02. The fourth-order valence-corrected chi connectivity index (χ4v) is 11.3. The Bertz CT molecular complexity index is 1130. The van der Waals surface area contributed by atoms with E-state index in [1.54, 1.807) is 0 Å². The van der Waals surface area contributed by atoms with Gasteiger partial charge in [0.15, 0.2) is 5.78 Å². The first kappa shape index (κ1) is 29.8. The molecular weight excluding hydrogens is 498 g/mol. The van der Waals surface area contributed by atoms with Gasteiger partial charge in [-0.2, -0.15) is 0 Å². The second-order valence-corrected chi connectivity index (χ2v) is 16.9. The summed E-state index contributed by atoms with van der Waals surface area (Å²) in [7, 11) is 0. The summed E-state index contributed by atoms with van der Waals surface area (Å²) in [4.78, 5) is 40.5. The van der Waals surface area contributed by atoms with E-state index in [1.165, 1.54) is 12.5 Å². The van der Waals surface area contributed by atoms with Gasteiger partial charge in [-0.05, 0) is 111 Å². The molecule has 0 bridgehead atoms. The highest BCUT2D eigenvalue weighted by Gasteiger charge is 2.71. The Morgan fingerprint density at radius 2 is 1.57 bits per heavy atom. The number of amides is 1. The van der Waals surface area contributed by atoms with E-state index in [2.05, 4.69) is 73.7 Å². The minimum Gasteiger partial charge on any atom is -0.462 e. The van der Waals surface area contributed by atoms with Crippen LogP contribution in [0.15, 0.2) is 11.6 Å². The van der Waals surface area contributed by atoms with Gasteiger partial charge in [0, 0.05) is 24.3 Å². The van der Waals surface area contributed by atoms with E-state index in [0.717, 1.165) is 57.8 Å². The molecule has 5 aliphatic rings. The summed E-state index contributed by atoms with van der Waals surface area (Å²) >= 11 is 0. The fourth-order valence-electron chi connectivity index (χ4n) is 11.3. The summed E-state index contributed by atoms with van der Waals surface area (Å²) in [6, 6.07) is 0.107. The molecule has 0 saturated heterocycles. The van der Waals surface area contributed by atoms with Crippen LogP contribution in [0.3, 0.4) is 0 Å². The highest BCUT2D eigenvalue weighted by Crippen LogP contribution is 2.75. The zero-order valence-corrected chi connectivity index (χ0v) is 27.0. The highest BCUT2D eigenvalue weighted by molar-refractivity contribution is 5.96. The van der Waals surface area contributed by atoms with Crippen molar-refractivity contribution in [1.82, 2.24) is 5.32 Å². The van der Waals surface area contributed by atoms with Crippen molar-refractivity contribution in [1.29, 1.82) is 0 Å². The maximum atomic E-state index is 14.6. The van der Waals surface area contributed by atoms with Gasteiger partial charge in [0.25, 0.3) is 0 Å². The molecule has 224 valence electrons. The Morgan fingerprint density at radius 1 is 0.925 bits per heavy atom. The normalized spacial score (nSPS) is 45.3. The zero-order chi connectivity index (χ0) is 29.7. The number of hydrogen-bond donors (Lipinski definition) is 1. The van der Waals surface area contributed by atoms with E-state index >= 15 is 0 Å². The summed E-state index contributed by atoms with van der Waals surface area (Å²) in [6.07, 6.45) is 10.5. The van der Waals surface area contributed by atoms with Gasteiger partial charge in [-0.3, -0.25) is 14.4 Å². The number of ketones is 1. The molecule has 0 radical (unpaired) electrons. The minimum atomic E-state index is -0.417. The van der Waals surface area contributed by atoms with Crippen molar-refractivity contribution in [2.24, 2.45) is 50.2 Å². The topological polar surface area (TPSA) is 72.5 Å². The van der Waals surface area contributed by atoms with Crippen LogP contribution in [-0.2, 0) is 19.1 Å². The number of carbonyl (C=O) groups excluding carboxylic acids is 3. The molecular formula is C35H55NO4. The molecule has 1 amide bonds. The minimum absolute atomic E-state index is 0.0568. The first-order chi connectivity index (χ1) is 18.3. The van der Waals surface area contributed by atoms with Gasteiger partial charge in [0.2, 0.25) is 5.91 Å². The number of fused-ring (bicyclic) bond motifs is 7. The molecule has 0 aliphatic heterocycles. The van der Waals surface area contributed by atoms with Crippen LogP contribution in [0.5, 0.6) is 0 Å². The van der Waals surface area contributed by atoms with Gasteiger partial charge in [-0.15, -0.1) is 0 Å². The van der Waals surface area contributed by atoms with Gasteiger partial charge in [-0.25, -0.2) is 0 Å². The molecule has 8 atom stereocenters. The molecule has 5 rings (SSSR count). The summed E-state index contributed by atoms with van der Waals surface area (Å²) in [6.45, 7) is 22.1. The van der Waals surface area contributed by atoms with E-state index in [9.17, 15) is 14.4 Å². The molecule has 0 heterocycles. The standard InChI is InChI=1S/C35H55NO4/c1-21(2)36-29(39)35-17-15-30(4,5)20-24(35)23-19-25(38)28-32(8)13-12-27(40-22(3)37)31(6,7)26(32)11-14-34(28,10)33(23,9)16-18-35/h19,21,24,26-28H,11-18,20H2,1-10H3,(H,36,39)/t24?,26?,27-,28?,32-,33+,34+,35-/m0/s1. The lowest BCUT2D eigenvalue weighted by atomic mass is 9.33. The summed E-state index contributed by atoms with van der Waals surface area (Å²) < 4.78 is 5.86. The van der Waals surface area contributed by atoms with Crippen molar-refractivity contribution in [3.05, 3.63) is 11.6 Å². The third-order valence-electron chi connectivity index (χ3n) is 13.5. The molecule has 0 aromatic heterocycles. The van der Waals surface area contributed by atoms with E-state index in [0.29, 0.717) is 5.92 Å². The predicted octanol–water partition coefficient (Wildman–Crippen LogP) is 7.42. The average Bonchev–Trinajstić information content (AvgIpc) is 2.81. The monoisotopic (exact) mass is 553 g/mol. The van der Waals surface area contributed by atoms with Gasteiger partial charge in [0.05, 0.1) is 5.41 Å². The number of allylic oxidation sites excluding steroid dienone is 2. The van der Waals surface area contributed by atoms with Crippen LogP contribution in [0.25, 0.3) is 0 Å². The van der Waals surface area contributed by atoms with Crippen LogP contribution < -0.4 is 5.32 Å². The van der Waals surface area contributed by atoms with Crippen molar-refractivity contribution in [2.45, 2.75) is 139 Å². The SMILES string of the molecule is CC(=O)O[C@H]1CC[C@@]2(C)C(CC[C@]3(C)C2C(=O)C=C2C4CC(C)(C)CC[C@]4(C(=O)NC(C)C)CC[C@]23C)C1(C)C. The Balaban J connectivity index is 1.59. The van der Waals surface area contributed by atoms with Crippen molar-refractivity contribution < 1.29 is 19.1 Å². The third-order valence-corrected chi connectivity index (χ3v) is 13.5. The predicted molar refractivity (Wildman–Crippen MR) is 158 cm³/mol. The van der Waals surface area contributed by atoms with Crippen molar-refractivity contribution >= 4 is 17.7 Å². The summed E-state index contributed by atoms with van der Waals surface area (Å²) in [5.41, 5.74) is 0.403. The summed E-state index contributed by atoms with van der Waals surface area (Å²) in [5, 5.41) is 3.30. The smallest absolute Gasteiger partial charge is 0.302 e. The largest absolute Gasteiger partial charge is 0.462 e. The van der Waals surface area contributed by atoms with Crippen LogP contribution in [0.2, 0.25) is 0 Å². The van der Waals surface area contributed by atoms with E-state index in [1.807, 2.05) is 0 Å². The maximum absolute atomic E-state index is 14.6. The molecule has 0 aromatic carbocycles. The van der Waals surface area contributed by atoms with Crippen LogP contribution in [0.1, 0.15) is 127 Å². The van der Waals surface area contributed by atoms with E-state index in [4.69, 9.17) is 4.74 Å². The number of esters is 1. The Hall–Kier alpha value is -1.65. The second kappa shape index (κ2) is 9.17. The second-order valence-electron chi connectivity index (χ2n) is 16.9. The first-order valence-electron chi connectivity index (χ1n) is 16.1. The molecule has 0 spiro atoms. The number of nitrogens with one attached hydrogen (secondary N) is 1. The van der Waals surface area contributed by atoms with Gasteiger partial charge in [0.1, 0.15) is 6.10 Å². The van der Waals surface area contributed by atoms with Crippen LogP contribution >= 0.6 is 0 Å². The van der Waals surface area contributed by atoms with Gasteiger partial charge in [-0.1, -0.05) is 54.0 Å². The molecule has 4 saturated carbocycles.